The normalized spacial score (nSPS) is 13.8. The summed E-state index contributed by atoms with van der Waals surface area (Å²) in [4.78, 5) is 9.85. The molecule has 1 aliphatic heterocycles. The van der Waals surface area contributed by atoms with Crippen molar-refractivity contribution in [2.45, 2.75) is 90.9 Å². The first-order chi connectivity index (χ1) is 30.0. The van der Waals surface area contributed by atoms with Crippen molar-refractivity contribution in [1.82, 2.24) is 9.55 Å². The topological polar surface area (TPSA) is 33.5 Å². The van der Waals surface area contributed by atoms with Crippen LogP contribution in [0.2, 0.25) is 0 Å². The monoisotopic (exact) mass is 828 g/mol. The Morgan fingerprint density at radius 1 is 0.460 bits per heavy atom. The van der Waals surface area contributed by atoms with Crippen molar-refractivity contribution in [2.24, 2.45) is 0 Å². The first-order valence-corrected chi connectivity index (χ1v) is 22.3. The molecule has 0 amide bonds. The second kappa shape index (κ2) is 15.6. The Morgan fingerprint density at radius 2 is 1.08 bits per heavy atom. The third kappa shape index (κ3) is 7.90. The van der Waals surface area contributed by atoms with Gasteiger partial charge in [-0.25, -0.2) is 4.98 Å². The summed E-state index contributed by atoms with van der Waals surface area (Å²) >= 11 is 0. The first kappa shape index (κ1) is 41.7. The lowest BCUT2D eigenvalue weighted by Crippen LogP contribution is -2.33. The van der Waals surface area contributed by atoms with E-state index in [9.17, 15) is 0 Å². The predicted molar refractivity (Wildman–Crippen MR) is 265 cm³/mol. The molecule has 63 heavy (non-hydrogen) atoms. The van der Waals surface area contributed by atoms with E-state index < -0.39 is 0 Å². The van der Waals surface area contributed by atoms with Crippen LogP contribution in [0.1, 0.15) is 97.1 Å². The van der Waals surface area contributed by atoms with Crippen LogP contribution >= 0.6 is 0 Å². The number of fused-ring (bicyclic) bond motifs is 3. The average molecular weight is 829 g/mol. The van der Waals surface area contributed by atoms with E-state index in [1.807, 2.05) is 6.20 Å². The van der Waals surface area contributed by atoms with Crippen LogP contribution in [-0.2, 0) is 21.7 Å². The number of nitrogens with zero attached hydrogens (tertiary/aromatic N) is 4. The number of pyridine rings is 1. The highest BCUT2D eigenvalue weighted by Gasteiger charge is 2.36. The van der Waals surface area contributed by atoms with E-state index >= 15 is 0 Å². The fourth-order valence-corrected chi connectivity index (χ4v) is 9.10. The van der Waals surface area contributed by atoms with Crippen molar-refractivity contribution in [1.29, 1.82) is 0 Å². The van der Waals surface area contributed by atoms with Gasteiger partial charge in [-0.3, -0.25) is 4.57 Å². The van der Waals surface area contributed by atoms with Crippen LogP contribution in [0.4, 0.5) is 11.4 Å². The lowest BCUT2D eigenvalue weighted by atomic mass is 9.78. The van der Waals surface area contributed by atoms with E-state index in [1.54, 1.807) is 0 Å². The van der Waals surface area contributed by atoms with E-state index in [-0.39, 0.29) is 21.7 Å². The Balaban J connectivity index is 1.11. The van der Waals surface area contributed by atoms with Gasteiger partial charge in [0, 0.05) is 63.2 Å². The fourth-order valence-electron chi connectivity index (χ4n) is 9.10. The van der Waals surface area contributed by atoms with Gasteiger partial charge in [0.15, 0.2) is 0 Å². The van der Waals surface area contributed by atoms with Crippen LogP contribution < -0.4 is 14.5 Å². The number of hydrogen-bond donors (Lipinski definition) is 0. The number of allylic oxidation sites excluding steroid dienone is 1. The highest BCUT2D eigenvalue weighted by atomic mass is 16.5. The van der Waals surface area contributed by atoms with E-state index in [0.29, 0.717) is 6.67 Å². The Bertz CT molecular complexity index is 2980. The van der Waals surface area contributed by atoms with Gasteiger partial charge >= 0.3 is 0 Å². The first-order valence-electron chi connectivity index (χ1n) is 22.3. The smallest absolute Gasteiger partial charge is 0.137 e. The summed E-state index contributed by atoms with van der Waals surface area (Å²) in [6.07, 6.45) is 4.29. The van der Waals surface area contributed by atoms with Crippen LogP contribution in [0.5, 0.6) is 11.5 Å². The van der Waals surface area contributed by atoms with Gasteiger partial charge in [0.25, 0.3) is 0 Å². The van der Waals surface area contributed by atoms with Gasteiger partial charge in [0.1, 0.15) is 17.3 Å². The molecule has 0 spiro atoms. The Kier molecular flexibility index (Phi) is 10.4. The van der Waals surface area contributed by atoms with Gasteiger partial charge in [0.2, 0.25) is 0 Å². The zero-order valence-electron chi connectivity index (χ0n) is 38.6. The standard InChI is InChI=1S/C58H60N4O/c1-55(2,3)42-23-17-24-45(33-42)60-38-53(58(9,10)41-21-15-12-16-22-41)61(39-60)46-25-18-26-47(36-46)63-48-28-29-49-50-34-43(56(4,5)6)27-30-51(50)62(52(49)37-48)54-35-44(31-32-59-54)57(7,8)40-19-13-11-14-20-40/h11-38H,39H2,1-10H3. The molecule has 0 fully saturated rings. The van der Waals surface area contributed by atoms with Crippen molar-refractivity contribution < 1.29 is 4.74 Å². The molecule has 0 atom stereocenters. The molecule has 0 saturated heterocycles. The van der Waals surface area contributed by atoms with Gasteiger partial charge in [-0.15, -0.1) is 0 Å². The lowest BCUT2D eigenvalue weighted by molar-refractivity contribution is 0.483. The molecule has 9 rings (SSSR count). The number of aromatic nitrogens is 2. The summed E-state index contributed by atoms with van der Waals surface area (Å²) in [6.45, 7) is 23.5. The molecule has 0 N–H and O–H groups in total. The zero-order chi connectivity index (χ0) is 44.3. The number of anilines is 2. The molecular weight excluding hydrogens is 769 g/mol. The minimum atomic E-state index is -0.276. The highest BCUT2D eigenvalue weighted by molar-refractivity contribution is 6.09. The summed E-state index contributed by atoms with van der Waals surface area (Å²) in [5.74, 6) is 2.42. The number of ether oxygens (including phenoxy) is 1. The predicted octanol–water partition coefficient (Wildman–Crippen LogP) is 15.0. The van der Waals surface area contributed by atoms with Crippen molar-refractivity contribution in [2.75, 3.05) is 16.5 Å². The molecule has 0 aliphatic carbocycles. The van der Waals surface area contributed by atoms with Gasteiger partial charge < -0.3 is 14.5 Å². The molecule has 0 saturated carbocycles. The van der Waals surface area contributed by atoms with Crippen LogP contribution in [0.3, 0.4) is 0 Å². The zero-order valence-corrected chi connectivity index (χ0v) is 38.6. The van der Waals surface area contributed by atoms with Gasteiger partial charge in [-0.05, 0) is 99.3 Å². The van der Waals surface area contributed by atoms with Crippen LogP contribution in [-0.4, -0.2) is 16.2 Å². The van der Waals surface area contributed by atoms with E-state index in [0.717, 1.165) is 39.4 Å². The summed E-state index contributed by atoms with van der Waals surface area (Å²) in [5.41, 5.74) is 11.5. The van der Waals surface area contributed by atoms with Gasteiger partial charge in [-0.1, -0.05) is 154 Å². The fraction of sp³-hybridized carbons (Fsp3) is 0.259. The number of benzene rings is 6. The summed E-state index contributed by atoms with van der Waals surface area (Å²) < 4.78 is 9.17. The molecule has 5 nitrogen and oxygen atoms in total. The second-order valence-corrected chi connectivity index (χ2v) is 20.3. The molecule has 0 bridgehead atoms. The Morgan fingerprint density at radius 3 is 1.78 bits per heavy atom. The highest BCUT2D eigenvalue weighted by Crippen LogP contribution is 2.43. The summed E-state index contributed by atoms with van der Waals surface area (Å²) in [6, 6.07) is 56.8. The molecule has 318 valence electrons. The Hall–Kier alpha value is -6.59. The molecular formula is C58H60N4O. The number of rotatable bonds is 9. The number of hydrogen-bond acceptors (Lipinski definition) is 4. The van der Waals surface area contributed by atoms with Crippen LogP contribution in [0.25, 0.3) is 27.6 Å². The Labute approximate surface area is 374 Å². The molecule has 1 aliphatic rings. The third-order valence-corrected chi connectivity index (χ3v) is 13.2. The molecule has 6 aromatic carbocycles. The third-order valence-electron chi connectivity index (χ3n) is 13.2. The molecule has 0 radical (unpaired) electrons. The van der Waals surface area contributed by atoms with Crippen molar-refractivity contribution in [3.05, 3.63) is 204 Å². The van der Waals surface area contributed by atoms with Crippen molar-refractivity contribution >= 4 is 33.2 Å². The SMILES string of the molecule is CC(C)(C)c1cccc(N2C=C(C(C)(C)c3ccccc3)N(c3cccc(Oc4ccc5c6cc(C(C)(C)C)ccc6n(-c6cc(C(C)(C)c7ccccc7)ccn6)c5c4)c3)C2)c1. The van der Waals surface area contributed by atoms with Crippen LogP contribution in [0.15, 0.2) is 176 Å². The van der Waals surface area contributed by atoms with Crippen molar-refractivity contribution in [3.63, 3.8) is 0 Å². The second-order valence-electron chi connectivity index (χ2n) is 20.3. The largest absolute Gasteiger partial charge is 0.457 e. The molecule has 5 heteroatoms. The maximum absolute atomic E-state index is 6.86. The molecule has 2 aromatic heterocycles. The minimum absolute atomic E-state index is 0.00273. The van der Waals surface area contributed by atoms with Crippen molar-refractivity contribution in [3.8, 4) is 17.3 Å². The summed E-state index contributed by atoms with van der Waals surface area (Å²) in [7, 11) is 0. The molecule has 0 unspecified atom stereocenters. The maximum Gasteiger partial charge on any atom is 0.137 e. The minimum Gasteiger partial charge on any atom is -0.457 e. The quantitative estimate of drug-likeness (QED) is 0.145. The van der Waals surface area contributed by atoms with Gasteiger partial charge in [0.05, 0.1) is 17.7 Å². The molecule has 3 heterocycles. The van der Waals surface area contributed by atoms with Gasteiger partial charge in [-0.2, -0.15) is 0 Å². The molecule has 8 aromatic rings. The summed E-state index contributed by atoms with van der Waals surface area (Å²) in [5, 5.41) is 2.37. The van der Waals surface area contributed by atoms with E-state index in [4.69, 9.17) is 9.72 Å². The lowest BCUT2D eigenvalue weighted by Gasteiger charge is -2.34. The maximum atomic E-state index is 6.86. The average Bonchev–Trinajstić information content (AvgIpc) is 3.87. The van der Waals surface area contributed by atoms with E-state index in [1.165, 1.54) is 44.6 Å². The van der Waals surface area contributed by atoms with Crippen LogP contribution in [0, 0.1) is 0 Å². The van der Waals surface area contributed by atoms with E-state index in [2.05, 4.69) is 248 Å².